The maximum Gasteiger partial charge on any atom is 0.233 e. The van der Waals surface area contributed by atoms with Crippen LogP contribution in [-0.2, 0) is 11.2 Å². The van der Waals surface area contributed by atoms with Crippen LogP contribution in [0.2, 0.25) is 0 Å². The Morgan fingerprint density at radius 2 is 1.63 bits per heavy atom. The molecule has 0 bridgehead atoms. The zero-order chi connectivity index (χ0) is 31.0. The largest absolute Gasteiger partial charge is 0.508 e. The first-order chi connectivity index (χ1) is 22.6. The van der Waals surface area contributed by atoms with E-state index in [1.807, 2.05) is 45.8 Å². The fraction of sp³-hybridized carbons (Fsp3) is 0.237. The Labute approximate surface area is 272 Å². The molecule has 8 rings (SSSR count). The van der Waals surface area contributed by atoms with Gasteiger partial charge in [-0.15, -0.1) is 0 Å². The molecule has 46 heavy (non-hydrogen) atoms. The summed E-state index contributed by atoms with van der Waals surface area (Å²) in [4.78, 5) is 22.4. The van der Waals surface area contributed by atoms with Gasteiger partial charge in [0, 0.05) is 43.2 Å². The van der Waals surface area contributed by atoms with Gasteiger partial charge in [-0.05, 0) is 77.4 Å². The molecule has 1 saturated heterocycles. The number of para-hydroxylation sites is 1. The highest BCUT2D eigenvalue weighted by atomic mass is 32.2. The van der Waals surface area contributed by atoms with E-state index in [-0.39, 0.29) is 11.8 Å². The predicted molar refractivity (Wildman–Crippen MR) is 184 cm³/mol. The lowest BCUT2D eigenvalue weighted by Gasteiger charge is -2.37. The lowest BCUT2D eigenvalue weighted by atomic mass is 9.69. The number of phenols is 1. The van der Waals surface area contributed by atoms with Crippen molar-refractivity contribution >= 4 is 39.8 Å². The van der Waals surface area contributed by atoms with E-state index in [9.17, 15) is 9.90 Å². The molecule has 1 N–H and O–H groups in total. The third-order valence-corrected chi connectivity index (χ3v) is 10.5. The minimum atomic E-state index is 0.129. The van der Waals surface area contributed by atoms with Gasteiger partial charge in [0.25, 0.3) is 0 Å². The number of phenolic OH excluding ortho intramolecular Hbond substituents is 1. The Bertz CT molecular complexity index is 2020. The van der Waals surface area contributed by atoms with Gasteiger partial charge in [-0.25, -0.2) is 9.50 Å². The molecule has 2 aliphatic rings. The van der Waals surface area contributed by atoms with Crippen LogP contribution < -0.4 is 4.90 Å². The maximum absolute atomic E-state index is 13.3. The number of piperazine rings is 1. The number of fused-ring (bicyclic) bond motifs is 4. The third-order valence-electron chi connectivity index (χ3n) is 9.61. The quantitative estimate of drug-likeness (QED) is 0.161. The molecular weight excluding hydrogens is 591 g/mol. The first-order valence-corrected chi connectivity index (χ1v) is 17.0. The molecule has 7 nitrogen and oxygen atoms in total. The molecule has 8 heteroatoms. The fourth-order valence-corrected chi connectivity index (χ4v) is 8.16. The number of hydrogen-bond acceptors (Lipinski definition) is 6. The number of aromatic nitrogens is 3. The lowest BCUT2D eigenvalue weighted by molar-refractivity contribution is -0.128. The van der Waals surface area contributed by atoms with Crippen molar-refractivity contribution in [3.8, 4) is 5.75 Å². The van der Waals surface area contributed by atoms with Gasteiger partial charge >= 0.3 is 0 Å². The molecule has 1 aliphatic heterocycles. The summed E-state index contributed by atoms with van der Waals surface area (Å²) in [6.07, 6.45) is 3.79. The molecule has 1 fully saturated rings. The van der Waals surface area contributed by atoms with Crippen LogP contribution in [0.4, 0.5) is 5.69 Å². The molecule has 2 aromatic heterocycles. The van der Waals surface area contributed by atoms with Crippen LogP contribution in [0.15, 0.2) is 114 Å². The number of anilines is 1. The zero-order valence-electron chi connectivity index (χ0n) is 25.5. The smallest absolute Gasteiger partial charge is 0.233 e. The van der Waals surface area contributed by atoms with Crippen molar-refractivity contribution in [3.63, 3.8) is 0 Å². The number of thioether (sulfide) groups is 1. The number of amides is 1. The Kier molecular flexibility index (Phi) is 7.58. The van der Waals surface area contributed by atoms with E-state index >= 15 is 0 Å². The summed E-state index contributed by atoms with van der Waals surface area (Å²) in [6.45, 7) is 2.98. The van der Waals surface area contributed by atoms with Crippen LogP contribution in [0, 0.1) is 0 Å². The third kappa shape index (κ3) is 5.36. The van der Waals surface area contributed by atoms with Gasteiger partial charge in [0.1, 0.15) is 5.75 Å². The molecule has 4 aromatic carbocycles. The first-order valence-electron chi connectivity index (χ1n) is 16.0. The predicted octanol–water partition coefficient (Wildman–Crippen LogP) is 6.89. The Balaban J connectivity index is 0.940. The average molecular weight is 626 g/mol. The van der Waals surface area contributed by atoms with Gasteiger partial charge in [-0.1, -0.05) is 78.5 Å². The molecule has 1 aliphatic carbocycles. The molecule has 3 heterocycles. The molecule has 230 valence electrons. The number of aromatic hydroxyl groups is 1. The highest BCUT2D eigenvalue weighted by Gasteiger charge is 2.32. The number of rotatable bonds is 6. The fourth-order valence-electron chi connectivity index (χ4n) is 7.29. The minimum Gasteiger partial charge on any atom is -0.508 e. The van der Waals surface area contributed by atoms with Gasteiger partial charge in [0.2, 0.25) is 5.91 Å². The van der Waals surface area contributed by atoms with Crippen LogP contribution in [0.1, 0.15) is 40.5 Å². The Morgan fingerprint density at radius 1 is 0.848 bits per heavy atom. The topological polar surface area (TPSA) is 74.0 Å². The van der Waals surface area contributed by atoms with Crippen LogP contribution in [0.25, 0.3) is 16.4 Å². The number of aryl methyl sites for hydroxylation is 1. The van der Waals surface area contributed by atoms with Crippen LogP contribution in [0.3, 0.4) is 0 Å². The van der Waals surface area contributed by atoms with Crippen molar-refractivity contribution in [2.45, 2.75) is 29.8 Å². The van der Waals surface area contributed by atoms with Crippen molar-refractivity contribution in [3.05, 3.63) is 132 Å². The van der Waals surface area contributed by atoms with Crippen molar-refractivity contribution in [1.82, 2.24) is 19.5 Å². The molecule has 2 atom stereocenters. The second-order valence-electron chi connectivity index (χ2n) is 12.2. The Morgan fingerprint density at radius 3 is 2.46 bits per heavy atom. The maximum atomic E-state index is 13.3. The van der Waals surface area contributed by atoms with Gasteiger partial charge in [0.15, 0.2) is 5.16 Å². The van der Waals surface area contributed by atoms with Crippen LogP contribution in [-0.4, -0.2) is 62.4 Å². The second kappa shape index (κ2) is 12.2. The molecule has 1 amide bonds. The van der Waals surface area contributed by atoms with E-state index in [4.69, 9.17) is 4.98 Å². The van der Waals surface area contributed by atoms with Gasteiger partial charge in [-0.3, -0.25) is 4.79 Å². The summed E-state index contributed by atoms with van der Waals surface area (Å²) in [5.74, 6) is 1.41. The summed E-state index contributed by atoms with van der Waals surface area (Å²) >= 11 is 1.45. The van der Waals surface area contributed by atoms with E-state index in [1.54, 1.807) is 6.20 Å². The van der Waals surface area contributed by atoms with Crippen molar-refractivity contribution in [2.75, 3.05) is 36.8 Å². The normalized spacial score (nSPS) is 18.2. The molecule has 0 spiro atoms. The molecule has 0 unspecified atom stereocenters. The zero-order valence-corrected chi connectivity index (χ0v) is 26.3. The number of carbonyl (C=O) groups is 1. The monoisotopic (exact) mass is 625 g/mol. The van der Waals surface area contributed by atoms with Crippen molar-refractivity contribution < 1.29 is 9.90 Å². The minimum absolute atomic E-state index is 0.129. The van der Waals surface area contributed by atoms with Crippen LogP contribution >= 0.6 is 11.8 Å². The standard InChI is InChI=1S/C38H35N5O2S/c44-30-15-17-32-28(24-30)12-16-31(26-6-2-1-3-7-26)37(32)27-10-13-29(14-11-27)41-20-22-42(23-21-41)36(45)25-46-38-40-34-9-5-4-8-33(34)35-18-19-39-43(35)38/h1-11,13-15,17-19,24,31,37,44H,12,16,20-23,25H2/t31-,37+/m1/s1. The van der Waals surface area contributed by atoms with E-state index in [0.717, 1.165) is 47.5 Å². The number of carbonyl (C=O) groups excluding carboxylic acids is 1. The summed E-state index contributed by atoms with van der Waals surface area (Å²) in [7, 11) is 0. The molecule has 0 radical (unpaired) electrons. The number of hydrogen-bond donors (Lipinski definition) is 1. The van der Waals surface area contributed by atoms with E-state index < -0.39 is 0 Å². The van der Waals surface area contributed by atoms with Gasteiger partial charge in [0.05, 0.1) is 23.0 Å². The summed E-state index contributed by atoms with van der Waals surface area (Å²) in [6, 6.07) is 35.7. The first kappa shape index (κ1) is 28.6. The highest BCUT2D eigenvalue weighted by Crippen LogP contribution is 2.47. The average Bonchev–Trinajstić information content (AvgIpc) is 3.61. The summed E-state index contributed by atoms with van der Waals surface area (Å²) in [5.41, 5.74) is 8.30. The number of nitrogens with zero attached hydrogens (tertiary/aromatic N) is 5. The van der Waals surface area contributed by atoms with Crippen LogP contribution in [0.5, 0.6) is 5.75 Å². The summed E-state index contributed by atoms with van der Waals surface area (Å²) < 4.78 is 1.83. The van der Waals surface area contributed by atoms with Gasteiger partial charge in [-0.2, -0.15) is 5.10 Å². The molecule has 6 aromatic rings. The molecule has 0 saturated carbocycles. The number of benzene rings is 4. The SMILES string of the molecule is O=C(CSc1nc2ccccc2c2ccnn12)N1CCN(c2ccc([C@@H]3c4ccc(O)cc4CC[C@@H]3c3ccccc3)cc2)CC1. The van der Waals surface area contributed by atoms with E-state index in [1.165, 1.54) is 39.7 Å². The van der Waals surface area contributed by atoms with Gasteiger partial charge < -0.3 is 14.9 Å². The van der Waals surface area contributed by atoms with Crippen molar-refractivity contribution in [2.24, 2.45) is 0 Å². The summed E-state index contributed by atoms with van der Waals surface area (Å²) in [5, 5.41) is 16.4. The Hall–Kier alpha value is -4.82. The molecular formula is C38H35N5O2S. The van der Waals surface area contributed by atoms with E-state index in [0.29, 0.717) is 30.5 Å². The van der Waals surface area contributed by atoms with E-state index in [2.05, 4.69) is 76.7 Å². The highest BCUT2D eigenvalue weighted by molar-refractivity contribution is 7.99. The lowest BCUT2D eigenvalue weighted by Crippen LogP contribution is -2.49. The second-order valence-corrected chi connectivity index (χ2v) is 13.1. The van der Waals surface area contributed by atoms with Crippen molar-refractivity contribution in [1.29, 1.82) is 0 Å².